The Labute approximate surface area is 131 Å². The molecule has 0 fully saturated rings. The number of hydrogen-bond donors (Lipinski definition) is 1. The summed E-state index contributed by atoms with van der Waals surface area (Å²) >= 11 is 0. The Morgan fingerprint density at radius 1 is 0.818 bits per heavy atom. The van der Waals surface area contributed by atoms with Crippen molar-refractivity contribution in [2.75, 3.05) is 6.61 Å². The minimum absolute atomic E-state index is 0.266. The van der Waals surface area contributed by atoms with Gasteiger partial charge in [-0.15, -0.1) is 0 Å². The molecule has 0 aliphatic carbocycles. The van der Waals surface area contributed by atoms with Crippen LogP contribution >= 0.6 is 0 Å². The number of carbonyl (C=O) groups is 1. The molecule has 2 aromatic carbocycles. The van der Waals surface area contributed by atoms with Crippen LogP contribution in [0.15, 0.2) is 54.6 Å². The number of aliphatic carboxylic acids is 1. The average Bonchev–Trinajstić information content (AvgIpc) is 2.55. The first-order chi connectivity index (χ1) is 10.8. The molecule has 3 nitrogen and oxygen atoms in total. The smallest absolute Gasteiger partial charge is 0.303 e. The molecule has 2 rings (SSSR count). The van der Waals surface area contributed by atoms with Gasteiger partial charge in [0.05, 0.1) is 6.61 Å². The average molecular weight is 298 g/mol. The SMILES string of the molecule is O=C(O)CCCCCCOc1ccc(-c2ccccc2)cc1. The maximum Gasteiger partial charge on any atom is 0.303 e. The fourth-order valence-electron chi connectivity index (χ4n) is 2.30. The van der Waals surface area contributed by atoms with Crippen LogP contribution in [0.5, 0.6) is 5.75 Å². The highest BCUT2D eigenvalue weighted by Gasteiger charge is 1.99. The normalized spacial score (nSPS) is 10.4. The van der Waals surface area contributed by atoms with Crippen molar-refractivity contribution in [2.45, 2.75) is 32.1 Å². The van der Waals surface area contributed by atoms with Crippen molar-refractivity contribution in [1.29, 1.82) is 0 Å². The molecule has 0 spiro atoms. The van der Waals surface area contributed by atoms with Gasteiger partial charge in [-0.2, -0.15) is 0 Å². The summed E-state index contributed by atoms with van der Waals surface area (Å²) in [4.78, 5) is 10.4. The standard InChI is InChI=1S/C19H22O3/c20-19(21)10-6-1-2-7-15-22-18-13-11-17(12-14-18)16-8-4-3-5-9-16/h3-5,8-9,11-14H,1-2,6-7,10,15H2,(H,20,21). The Hall–Kier alpha value is -2.29. The van der Waals surface area contributed by atoms with Crippen molar-refractivity contribution in [1.82, 2.24) is 0 Å². The third kappa shape index (κ3) is 5.60. The van der Waals surface area contributed by atoms with E-state index in [1.54, 1.807) is 0 Å². The molecule has 3 heteroatoms. The van der Waals surface area contributed by atoms with E-state index >= 15 is 0 Å². The largest absolute Gasteiger partial charge is 0.494 e. The molecule has 0 aromatic heterocycles. The van der Waals surface area contributed by atoms with Crippen molar-refractivity contribution >= 4 is 5.97 Å². The quantitative estimate of drug-likeness (QED) is 0.678. The van der Waals surface area contributed by atoms with Gasteiger partial charge in [-0.1, -0.05) is 55.3 Å². The lowest BCUT2D eigenvalue weighted by molar-refractivity contribution is -0.137. The van der Waals surface area contributed by atoms with Crippen LogP contribution in [0.25, 0.3) is 11.1 Å². The zero-order valence-electron chi connectivity index (χ0n) is 12.7. The van der Waals surface area contributed by atoms with Crippen molar-refractivity contribution in [3.05, 3.63) is 54.6 Å². The molecule has 0 unspecified atom stereocenters. The molecule has 0 saturated carbocycles. The van der Waals surface area contributed by atoms with Gasteiger partial charge < -0.3 is 9.84 Å². The molecular formula is C19H22O3. The molecule has 116 valence electrons. The van der Waals surface area contributed by atoms with Crippen LogP contribution in [0.3, 0.4) is 0 Å². The van der Waals surface area contributed by atoms with E-state index < -0.39 is 5.97 Å². The lowest BCUT2D eigenvalue weighted by atomic mass is 10.1. The van der Waals surface area contributed by atoms with Gasteiger partial charge in [-0.25, -0.2) is 0 Å². The molecule has 0 aliphatic rings. The highest BCUT2D eigenvalue weighted by atomic mass is 16.5. The fraction of sp³-hybridized carbons (Fsp3) is 0.316. The summed E-state index contributed by atoms with van der Waals surface area (Å²) in [5.41, 5.74) is 2.38. The number of ether oxygens (including phenoxy) is 1. The van der Waals surface area contributed by atoms with E-state index in [1.165, 1.54) is 11.1 Å². The third-order valence-electron chi connectivity index (χ3n) is 3.52. The summed E-state index contributed by atoms with van der Waals surface area (Å²) < 4.78 is 5.71. The van der Waals surface area contributed by atoms with E-state index in [-0.39, 0.29) is 6.42 Å². The van der Waals surface area contributed by atoms with E-state index in [1.807, 2.05) is 30.3 Å². The summed E-state index contributed by atoms with van der Waals surface area (Å²) in [5, 5.41) is 8.54. The fourth-order valence-corrected chi connectivity index (χ4v) is 2.30. The minimum atomic E-state index is -0.713. The van der Waals surface area contributed by atoms with E-state index in [4.69, 9.17) is 9.84 Å². The Balaban J connectivity index is 1.68. The first-order valence-electron chi connectivity index (χ1n) is 7.76. The molecule has 0 radical (unpaired) electrons. The van der Waals surface area contributed by atoms with Crippen molar-refractivity contribution in [2.24, 2.45) is 0 Å². The minimum Gasteiger partial charge on any atom is -0.494 e. The molecule has 0 heterocycles. The maximum absolute atomic E-state index is 10.4. The van der Waals surface area contributed by atoms with Crippen LogP contribution in [0.1, 0.15) is 32.1 Å². The van der Waals surface area contributed by atoms with E-state index in [0.29, 0.717) is 6.61 Å². The van der Waals surface area contributed by atoms with Crippen LogP contribution in [0.4, 0.5) is 0 Å². The second kappa shape index (κ2) is 8.88. The summed E-state index contributed by atoms with van der Waals surface area (Å²) in [7, 11) is 0. The molecule has 0 saturated heterocycles. The third-order valence-corrected chi connectivity index (χ3v) is 3.52. The maximum atomic E-state index is 10.4. The molecular weight excluding hydrogens is 276 g/mol. The summed E-state index contributed by atoms with van der Waals surface area (Å²) in [6.45, 7) is 0.678. The Bertz CT molecular complexity index is 561. The van der Waals surface area contributed by atoms with Gasteiger partial charge in [0, 0.05) is 6.42 Å². The van der Waals surface area contributed by atoms with Crippen molar-refractivity contribution < 1.29 is 14.6 Å². The van der Waals surface area contributed by atoms with Crippen molar-refractivity contribution in [3.63, 3.8) is 0 Å². The molecule has 0 amide bonds. The van der Waals surface area contributed by atoms with Crippen LogP contribution in [-0.4, -0.2) is 17.7 Å². The molecule has 2 aromatic rings. The van der Waals surface area contributed by atoms with Gasteiger partial charge in [0.15, 0.2) is 0 Å². The highest BCUT2D eigenvalue weighted by Crippen LogP contribution is 2.22. The Morgan fingerprint density at radius 3 is 2.14 bits per heavy atom. The number of carboxylic acids is 1. The zero-order valence-corrected chi connectivity index (χ0v) is 12.7. The van der Waals surface area contributed by atoms with E-state index in [2.05, 4.69) is 24.3 Å². The molecule has 0 atom stereocenters. The predicted molar refractivity (Wildman–Crippen MR) is 88.1 cm³/mol. The number of benzene rings is 2. The molecule has 22 heavy (non-hydrogen) atoms. The van der Waals surface area contributed by atoms with Gasteiger partial charge in [-0.3, -0.25) is 4.79 Å². The second-order valence-electron chi connectivity index (χ2n) is 5.30. The van der Waals surface area contributed by atoms with Crippen LogP contribution < -0.4 is 4.74 Å². The Kier molecular flexibility index (Phi) is 6.49. The molecule has 0 aliphatic heterocycles. The number of rotatable bonds is 9. The molecule has 0 bridgehead atoms. The van der Waals surface area contributed by atoms with E-state index in [9.17, 15) is 4.79 Å². The van der Waals surface area contributed by atoms with Crippen LogP contribution in [-0.2, 0) is 4.79 Å². The monoisotopic (exact) mass is 298 g/mol. The second-order valence-corrected chi connectivity index (χ2v) is 5.30. The lowest BCUT2D eigenvalue weighted by Crippen LogP contribution is -1.98. The van der Waals surface area contributed by atoms with E-state index in [0.717, 1.165) is 31.4 Å². The van der Waals surface area contributed by atoms with Gasteiger partial charge in [0.1, 0.15) is 5.75 Å². The topological polar surface area (TPSA) is 46.5 Å². The zero-order chi connectivity index (χ0) is 15.6. The summed E-state index contributed by atoms with van der Waals surface area (Å²) in [6.07, 6.45) is 3.93. The first-order valence-corrected chi connectivity index (χ1v) is 7.76. The first kappa shape index (κ1) is 16.1. The summed E-state index contributed by atoms with van der Waals surface area (Å²) in [5.74, 6) is 0.167. The van der Waals surface area contributed by atoms with Crippen molar-refractivity contribution in [3.8, 4) is 16.9 Å². The van der Waals surface area contributed by atoms with Crippen LogP contribution in [0.2, 0.25) is 0 Å². The number of hydrogen-bond acceptors (Lipinski definition) is 2. The highest BCUT2D eigenvalue weighted by molar-refractivity contribution is 5.66. The van der Waals surface area contributed by atoms with Gasteiger partial charge in [-0.05, 0) is 36.1 Å². The van der Waals surface area contributed by atoms with Crippen LogP contribution in [0, 0.1) is 0 Å². The number of unbranched alkanes of at least 4 members (excludes halogenated alkanes) is 3. The van der Waals surface area contributed by atoms with Gasteiger partial charge in [0.2, 0.25) is 0 Å². The summed E-state index contributed by atoms with van der Waals surface area (Å²) in [6, 6.07) is 18.4. The Morgan fingerprint density at radius 2 is 1.45 bits per heavy atom. The lowest BCUT2D eigenvalue weighted by Gasteiger charge is -2.07. The molecule has 1 N–H and O–H groups in total. The predicted octanol–water partition coefficient (Wildman–Crippen LogP) is 4.77. The van der Waals surface area contributed by atoms with Gasteiger partial charge in [0.25, 0.3) is 0 Å². The number of carboxylic acid groups (broad SMARTS) is 1. The van der Waals surface area contributed by atoms with Gasteiger partial charge >= 0.3 is 5.97 Å².